The fourth-order valence-corrected chi connectivity index (χ4v) is 4.34. The number of piperazine rings is 1. The van der Waals surface area contributed by atoms with Crippen molar-refractivity contribution in [3.63, 3.8) is 0 Å². The molecular weight excluding hydrogens is 496 g/mol. The lowest BCUT2D eigenvalue weighted by molar-refractivity contribution is -0.0368. The fourth-order valence-electron chi connectivity index (χ4n) is 4.34. The van der Waals surface area contributed by atoms with Gasteiger partial charge in [0.1, 0.15) is 12.4 Å². The van der Waals surface area contributed by atoms with Gasteiger partial charge in [0.2, 0.25) is 0 Å². The number of aliphatic hydroxyl groups excluding tert-OH is 1. The number of carbonyl (C=O) groups is 1. The normalized spacial score (nSPS) is 15.0. The Bertz CT molecular complexity index is 1120. The molecular formula is C30H38N4O5. The van der Waals surface area contributed by atoms with E-state index in [1.807, 2.05) is 78.9 Å². The van der Waals surface area contributed by atoms with Crippen LogP contribution in [-0.2, 0) is 29.3 Å². The Morgan fingerprint density at radius 3 is 2.23 bits per heavy atom. The number of nitrogens with zero attached hydrogens (tertiary/aromatic N) is 2. The Morgan fingerprint density at radius 1 is 0.872 bits per heavy atom. The third kappa shape index (κ3) is 9.97. The molecule has 0 aliphatic carbocycles. The van der Waals surface area contributed by atoms with Crippen LogP contribution in [0.3, 0.4) is 0 Å². The predicted molar refractivity (Wildman–Crippen MR) is 150 cm³/mol. The second kappa shape index (κ2) is 15.2. The van der Waals surface area contributed by atoms with Crippen LogP contribution in [0.15, 0.2) is 78.9 Å². The minimum atomic E-state index is -0.556. The topological polar surface area (TPSA) is 95.5 Å². The van der Waals surface area contributed by atoms with Gasteiger partial charge in [-0.15, -0.1) is 0 Å². The minimum Gasteiger partial charge on any atom is -0.497 e. The lowest BCUT2D eigenvalue weighted by atomic mass is 10.1. The van der Waals surface area contributed by atoms with E-state index < -0.39 is 12.2 Å². The van der Waals surface area contributed by atoms with Gasteiger partial charge in [-0.05, 0) is 41.0 Å². The zero-order chi connectivity index (χ0) is 27.3. The lowest BCUT2D eigenvalue weighted by Crippen LogP contribution is -2.48. The van der Waals surface area contributed by atoms with Gasteiger partial charge in [-0.3, -0.25) is 20.0 Å². The van der Waals surface area contributed by atoms with Crippen molar-refractivity contribution in [3.8, 4) is 5.75 Å². The van der Waals surface area contributed by atoms with E-state index in [-0.39, 0.29) is 13.2 Å². The molecule has 3 N–H and O–H groups in total. The molecule has 1 fully saturated rings. The van der Waals surface area contributed by atoms with E-state index in [4.69, 9.17) is 14.3 Å². The SMILES string of the molecule is COc1ccc(CNOCC(O)CN2CCN(Cc3ccc(NC(=O)OCc4ccccc4)cc3)CC2)cc1. The maximum atomic E-state index is 12.1. The van der Waals surface area contributed by atoms with Crippen LogP contribution < -0.4 is 15.5 Å². The number of carbonyl (C=O) groups excluding carboxylic acids is 1. The van der Waals surface area contributed by atoms with E-state index in [1.165, 1.54) is 5.56 Å². The van der Waals surface area contributed by atoms with E-state index in [9.17, 15) is 9.90 Å². The number of hydrogen-bond donors (Lipinski definition) is 3. The summed E-state index contributed by atoms with van der Waals surface area (Å²) in [5, 5.41) is 13.1. The molecule has 1 heterocycles. The zero-order valence-corrected chi connectivity index (χ0v) is 22.4. The highest BCUT2D eigenvalue weighted by atomic mass is 16.6. The molecule has 1 aliphatic rings. The molecule has 0 bridgehead atoms. The summed E-state index contributed by atoms with van der Waals surface area (Å²) in [6.45, 7) is 6.09. The van der Waals surface area contributed by atoms with Crippen molar-refractivity contribution in [2.24, 2.45) is 0 Å². The Morgan fingerprint density at radius 2 is 1.54 bits per heavy atom. The molecule has 208 valence electrons. The highest BCUT2D eigenvalue weighted by Gasteiger charge is 2.19. The Labute approximate surface area is 230 Å². The third-order valence-electron chi connectivity index (χ3n) is 6.57. The number of ether oxygens (including phenoxy) is 2. The number of β-amino-alcohol motifs (C(OH)–C–C–N with tert-alkyl or cyclic N) is 1. The summed E-state index contributed by atoms with van der Waals surface area (Å²) in [5.41, 5.74) is 6.82. The summed E-state index contributed by atoms with van der Waals surface area (Å²) in [6.07, 6.45) is -1.03. The molecule has 0 saturated carbocycles. The van der Waals surface area contributed by atoms with Gasteiger partial charge in [-0.25, -0.2) is 4.79 Å². The number of nitrogens with one attached hydrogen (secondary N) is 2. The molecule has 3 aromatic rings. The van der Waals surface area contributed by atoms with Gasteiger partial charge < -0.3 is 14.6 Å². The highest BCUT2D eigenvalue weighted by Crippen LogP contribution is 2.14. The number of rotatable bonds is 13. The minimum absolute atomic E-state index is 0.233. The first-order valence-corrected chi connectivity index (χ1v) is 13.2. The van der Waals surface area contributed by atoms with Crippen molar-refractivity contribution in [1.82, 2.24) is 15.3 Å². The first-order valence-electron chi connectivity index (χ1n) is 13.2. The van der Waals surface area contributed by atoms with Gasteiger partial charge in [0, 0.05) is 51.5 Å². The average Bonchev–Trinajstić information content (AvgIpc) is 2.97. The fraction of sp³-hybridized carbons (Fsp3) is 0.367. The predicted octanol–water partition coefficient (Wildman–Crippen LogP) is 3.64. The molecule has 9 nitrogen and oxygen atoms in total. The first kappa shape index (κ1) is 28.5. The molecule has 39 heavy (non-hydrogen) atoms. The molecule has 1 saturated heterocycles. The van der Waals surface area contributed by atoms with Crippen LogP contribution >= 0.6 is 0 Å². The summed E-state index contributed by atoms with van der Waals surface area (Å²) in [4.78, 5) is 22.2. The summed E-state index contributed by atoms with van der Waals surface area (Å²) < 4.78 is 10.4. The summed E-state index contributed by atoms with van der Waals surface area (Å²) in [6, 6.07) is 25.2. The highest BCUT2D eigenvalue weighted by molar-refractivity contribution is 5.84. The summed E-state index contributed by atoms with van der Waals surface area (Å²) >= 11 is 0. The molecule has 1 unspecified atom stereocenters. The molecule has 0 radical (unpaired) electrons. The number of benzene rings is 3. The largest absolute Gasteiger partial charge is 0.497 e. The summed E-state index contributed by atoms with van der Waals surface area (Å²) in [7, 11) is 1.64. The maximum Gasteiger partial charge on any atom is 0.411 e. The second-order valence-electron chi connectivity index (χ2n) is 9.59. The number of amides is 1. The van der Waals surface area contributed by atoms with Crippen LogP contribution in [0.25, 0.3) is 0 Å². The van der Waals surface area contributed by atoms with Crippen molar-refractivity contribution in [1.29, 1.82) is 0 Å². The van der Waals surface area contributed by atoms with Gasteiger partial charge in [-0.1, -0.05) is 54.6 Å². The van der Waals surface area contributed by atoms with Crippen LogP contribution in [0.1, 0.15) is 16.7 Å². The van der Waals surface area contributed by atoms with Crippen LogP contribution in [0.2, 0.25) is 0 Å². The second-order valence-corrected chi connectivity index (χ2v) is 9.59. The van der Waals surface area contributed by atoms with E-state index in [0.29, 0.717) is 18.8 Å². The molecule has 1 aliphatic heterocycles. The van der Waals surface area contributed by atoms with Crippen molar-refractivity contribution in [3.05, 3.63) is 95.6 Å². The molecule has 4 rings (SSSR count). The van der Waals surface area contributed by atoms with Crippen LogP contribution in [-0.4, -0.2) is 73.5 Å². The number of anilines is 1. The van der Waals surface area contributed by atoms with Crippen LogP contribution in [0.5, 0.6) is 5.75 Å². The monoisotopic (exact) mass is 534 g/mol. The van der Waals surface area contributed by atoms with E-state index in [2.05, 4.69) is 20.6 Å². The average molecular weight is 535 g/mol. The molecule has 3 aromatic carbocycles. The van der Waals surface area contributed by atoms with Crippen molar-refractivity contribution in [2.75, 3.05) is 51.8 Å². The van der Waals surface area contributed by atoms with Gasteiger partial charge >= 0.3 is 6.09 Å². The quantitative estimate of drug-likeness (QED) is 0.226. The molecule has 1 amide bonds. The first-order chi connectivity index (χ1) is 19.1. The Kier molecular flexibility index (Phi) is 11.1. The molecule has 1 atom stereocenters. The van der Waals surface area contributed by atoms with E-state index >= 15 is 0 Å². The Balaban J connectivity index is 1.08. The lowest BCUT2D eigenvalue weighted by Gasteiger charge is -2.35. The molecule has 9 heteroatoms. The number of methoxy groups -OCH3 is 1. The number of hydrogen-bond acceptors (Lipinski definition) is 8. The Hall–Kier alpha value is -3.47. The smallest absolute Gasteiger partial charge is 0.411 e. The zero-order valence-electron chi connectivity index (χ0n) is 22.4. The summed E-state index contributed by atoms with van der Waals surface area (Å²) in [5.74, 6) is 0.819. The van der Waals surface area contributed by atoms with Crippen molar-refractivity contribution < 1.29 is 24.2 Å². The van der Waals surface area contributed by atoms with Crippen molar-refractivity contribution in [2.45, 2.75) is 25.8 Å². The van der Waals surface area contributed by atoms with Gasteiger partial charge in [-0.2, -0.15) is 5.48 Å². The van der Waals surface area contributed by atoms with Gasteiger partial charge in [0.15, 0.2) is 0 Å². The number of hydroxylamine groups is 1. The van der Waals surface area contributed by atoms with E-state index in [1.54, 1.807) is 7.11 Å². The van der Waals surface area contributed by atoms with Crippen LogP contribution in [0, 0.1) is 0 Å². The number of aliphatic hydroxyl groups is 1. The third-order valence-corrected chi connectivity index (χ3v) is 6.57. The van der Waals surface area contributed by atoms with E-state index in [0.717, 1.165) is 49.6 Å². The van der Waals surface area contributed by atoms with Gasteiger partial charge in [0.25, 0.3) is 0 Å². The van der Waals surface area contributed by atoms with Crippen LogP contribution in [0.4, 0.5) is 10.5 Å². The standard InChI is InChI=1S/C30H38N4O5/c1-37-29-13-9-24(10-14-29)19-31-39-23-28(35)21-34-17-15-33(16-18-34)20-25-7-11-27(12-8-25)32-30(36)38-22-26-5-3-2-4-6-26/h2-14,28,31,35H,15-23H2,1H3,(H,32,36). The molecule has 0 aromatic heterocycles. The maximum absolute atomic E-state index is 12.1. The van der Waals surface area contributed by atoms with Gasteiger partial charge in [0.05, 0.1) is 19.8 Å². The van der Waals surface area contributed by atoms with Crippen molar-refractivity contribution >= 4 is 11.8 Å². The molecule has 0 spiro atoms.